The third-order valence-electron chi connectivity index (χ3n) is 1.86. The molecule has 1 rings (SSSR count). The second-order valence-electron chi connectivity index (χ2n) is 3.46. The fourth-order valence-corrected chi connectivity index (χ4v) is 1.33. The molecule has 1 amide bonds. The van der Waals surface area contributed by atoms with Gasteiger partial charge in [-0.2, -0.15) is 0 Å². The van der Waals surface area contributed by atoms with Gasteiger partial charge in [0.2, 0.25) is 5.91 Å². The summed E-state index contributed by atoms with van der Waals surface area (Å²) in [6.07, 6.45) is 1.31. The predicted octanol–water partition coefficient (Wildman–Crippen LogP) is 0.560. The molecule has 0 aliphatic carbocycles. The van der Waals surface area contributed by atoms with Crippen LogP contribution in [0.3, 0.4) is 0 Å². The molecule has 0 aromatic rings. The van der Waals surface area contributed by atoms with Crippen LogP contribution >= 0.6 is 0 Å². The first-order valence-corrected chi connectivity index (χ1v) is 4.57. The Bertz CT molecular complexity index is 213. The number of nitrogens with zero attached hydrogens (tertiary/aromatic N) is 1. The summed E-state index contributed by atoms with van der Waals surface area (Å²) >= 11 is 0. The van der Waals surface area contributed by atoms with Crippen LogP contribution in [0.2, 0.25) is 0 Å². The first-order chi connectivity index (χ1) is 6.09. The minimum absolute atomic E-state index is 0.0562. The quantitative estimate of drug-likeness (QED) is 0.603. The van der Waals surface area contributed by atoms with Gasteiger partial charge in [0.25, 0.3) is 0 Å². The van der Waals surface area contributed by atoms with Gasteiger partial charge in [0.15, 0.2) is 0 Å². The van der Waals surface area contributed by atoms with Crippen molar-refractivity contribution in [1.29, 1.82) is 0 Å². The van der Waals surface area contributed by atoms with E-state index < -0.39 is 0 Å². The maximum absolute atomic E-state index is 11.1. The summed E-state index contributed by atoms with van der Waals surface area (Å²) in [6, 6.07) is 0. The number of carbonyl (C=O) groups is 2. The van der Waals surface area contributed by atoms with Gasteiger partial charge in [0.05, 0.1) is 6.10 Å². The highest BCUT2D eigenvalue weighted by atomic mass is 16.5. The van der Waals surface area contributed by atoms with Gasteiger partial charge in [0.1, 0.15) is 6.54 Å². The molecular formula is C9H15NO3. The zero-order chi connectivity index (χ0) is 9.84. The summed E-state index contributed by atoms with van der Waals surface area (Å²) in [5.74, 6) is -0.258. The molecule has 0 saturated carbocycles. The van der Waals surface area contributed by atoms with E-state index in [0.717, 1.165) is 6.42 Å². The van der Waals surface area contributed by atoms with Crippen LogP contribution in [0.1, 0.15) is 26.7 Å². The molecular weight excluding hydrogens is 170 g/mol. The monoisotopic (exact) mass is 185 g/mol. The number of ether oxygens (including phenoxy) is 1. The zero-order valence-corrected chi connectivity index (χ0v) is 8.08. The molecule has 0 N–H and O–H groups in total. The van der Waals surface area contributed by atoms with Crippen LogP contribution in [-0.2, 0) is 14.3 Å². The van der Waals surface area contributed by atoms with Crippen LogP contribution < -0.4 is 0 Å². The third kappa shape index (κ3) is 3.05. The predicted molar refractivity (Wildman–Crippen MR) is 47.0 cm³/mol. The Labute approximate surface area is 77.8 Å². The van der Waals surface area contributed by atoms with Crippen LogP contribution in [0.5, 0.6) is 0 Å². The van der Waals surface area contributed by atoms with Crippen LogP contribution in [0.15, 0.2) is 0 Å². The van der Waals surface area contributed by atoms with Crippen molar-refractivity contribution >= 4 is 11.9 Å². The van der Waals surface area contributed by atoms with E-state index in [4.69, 9.17) is 4.74 Å². The summed E-state index contributed by atoms with van der Waals surface area (Å²) in [7, 11) is 0. The van der Waals surface area contributed by atoms with E-state index in [9.17, 15) is 9.59 Å². The lowest BCUT2D eigenvalue weighted by atomic mass is 10.4. The molecule has 0 aromatic carbocycles. The van der Waals surface area contributed by atoms with E-state index in [1.807, 2.05) is 0 Å². The lowest BCUT2D eigenvalue weighted by molar-refractivity contribution is -0.151. The van der Waals surface area contributed by atoms with E-state index in [-0.39, 0.29) is 24.5 Å². The molecule has 74 valence electrons. The third-order valence-corrected chi connectivity index (χ3v) is 1.86. The molecule has 0 radical (unpaired) electrons. The maximum Gasteiger partial charge on any atom is 0.325 e. The average Bonchev–Trinajstić information content (AvgIpc) is 2.34. The highest BCUT2D eigenvalue weighted by Gasteiger charge is 2.23. The summed E-state index contributed by atoms with van der Waals surface area (Å²) in [5, 5.41) is 0. The summed E-state index contributed by atoms with van der Waals surface area (Å²) in [5.41, 5.74) is 0. The largest absolute Gasteiger partial charge is 0.462 e. The number of esters is 1. The summed E-state index contributed by atoms with van der Waals surface area (Å²) in [6.45, 7) is 4.39. The van der Waals surface area contributed by atoms with Crippen molar-refractivity contribution in [3.05, 3.63) is 0 Å². The smallest absolute Gasteiger partial charge is 0.325 e. The van der Waals surface area contributed by atoms with E-state index in [0.29, 0.717) is 13.0 Å². The molecule has 1 saturated heterocycles. The van der Waals surface area contributed by atoms with Crippen molar-refractivity contribution in [3.8, 4) is 0 Å². The second-order valence-corrected chi connectivity index (χ2v) is 3.46. The van der Waals surface area contributed by atoms with Crippen LogP contribution in [-0.4, -0.2) is 36.0 Å². The van der Waals surface area contributed by atoms with Crippen LogP contribution in [0, 0.1) is 0 Å². The van der Waals surface area contributed by atoms with Crippen molar-refractivity contribution < 1.29 is 14.3 Å². The Morgan fingerprint density at radius 1 is 1.62 bits per heavy atom. The van der Waals surface area contributed by atoms with E-state index in [1.54, 1.807) is 18.7 Å². The average molecular weight is 185 g/mol. The first-order valence-electron chi connectivity index (χ1n) is 4.57. The van der Waals surface area contributed by atoms with Gasteiger partial charge in [-0.25, -0.2) is 0 Å². The molecule has 1 fully saturated rings. The fraction of sp³-hybridized carbons (Fsp3) is 0.778. The van der Waals surface area contributed by atoms with Crippen molar-refractivity contribution in [2.45, 2.75) is 32.8 Å². The minimum Gasteiger partial charge on any atom is -0.462 e. The zero-order valence-electron chi connectivity index (χ0n) is 8.08. The molecule has 0 spiro atoms. The fourth-order valence-electron chi connectivity index (χ4n) is 1.33. The minimum atomic E-state index is -0.315. The van der Waals surface area contributed by atoms with Gasteiger partial charge >= 0.3 is 5.97 Å². The van der Waals surface area contributed by atoms with E-state index >= 15 is 0 Å². The van der Waals surface area contributed by atoms with E-state index in [1.165, 1.54) is 0 Å². The van der Waals surface area contributed by atoms with Gasteiger partial charge in [-0.15, -0.1) is 0 Å². The molecule has 0 bridgehead atoms. The Morgan fingerprint density at radius 3 is 2.77 bits per heavy atom. The van der Waals surface area contributed by atoms with E-state index in [2.05, 4.69) is 0 Å². The van der Waals surface area contributed by atoms with Gasteiger partial charge in [-0.3, -0.25) is 9.59 Å². The number of hydrogen-bond acceptors (Lipinski definition) is 3. The topological polar surface area (TPSA) is 46.6 Å². The highest BCUT2D eigenvalue weighted by molar-refractivity contribution is 5.83. The van der Waals surface area contributed by atoms with Crippen molar-refractivity contribution in [2.24, 2.45) is 0 Å². The van der Waals surface area contributed by atoms with Gasteiger partial charge in [-0.05, 0) is 20.3 Å². The number of likely N-dealkylation sites (tertiary alicyclic amines) is 1. The molecule has 0 aromatic heterocycles. The highest BCUT2D eigenvalue weighted by Crippen LogP contribution is 2.09. The lowest BCUT2D eigenvalue weighted by Crippen LogP contribution is -2.32. The molecule has 0 atom stereocenters. The maximum atomic E-state index is 11.1. The molecule has 1 aliphatic rings. The van der Waals surface area contributed by atoms with Gasteiger partial charge < -0.3 is 9.64 Å². The summed E-state index contributed by atoms with van der Waals surface area (Å²) < 4.78 is 4.93. The van der Waals surface area contributed by atoms with Crippen molar-refractivity contribution in [2.75, 3.05) is 13.1 Å². The lowest BCUT2D eigenvalue weighted by Gasteiger charge is -2.15. The van der Waals surface area contributed by atoms with Crippen LogP contribution in [0.4, 0.5) is 0 Å². The number of hydrogen-bond donors (Lipinski definition) is 0. The molecule has 1 aliphatic heterocycles. The Kier molecular flexibility index (Phi) is 3.28. The number of rotatable bonds is 3. The van der Waals surface area contributed by atoms with Gasteiger partial charge in [-0.1, -0.05) is 0 Å². The molecule has 1 heterocycles. The molecule has 0 unspecified atom stereocenters. The first kappa shape index (κ1) is 10.0. The standard InChI is InChI=1S/C9H15NO3/c1-7(2)13-9(12)6-10-5-3-4-8(10)11/h7H,3-6H2,1-2H3. The summed E-state index contributed by atoms with van der Waals surface area (Å²) in [4.78, 5) is 23.8. The number of carbonyl (C=O) groups excluding carboxylic acids is 2. The van der Waals surface area contributed by atoms with Crippen molar-refractivity contribution in [3.63, 3.8) is 0 Å². The SMILES string of the molecule is CC(C)OC(=O)CN1CCCC1=O. The second kappa shape index (κ2) is 4.25. The van der Waals surface area contributed by atoms with Gasteiger partial charge in [0, 0.05) is 13.0 Å². The molecule has 4 heteroatoms. The molecule has 13 heavy (non-hydrogen) atoms. The molecule has 4 nitrogen and oxygen atoms in total. The number of amides is 1. The Hall–Kier alpha value is -1.06. The van der Waals surface area contributed by atoms with Crippen LogP contribution in [0.25, 0.3) is 0 Å². The normalized spacial score (nSPS) is 16.8. The van der Waals surface area contributed by atoms with Crippen molar-refractivity contribution in [1.82, 2.24) is 4.90 Å². The Morgan fingerprint density at radius 2 is 2.31 bits per heavy atom. The Balaban J connectivity index is 2.31.